The maximum atomic E-state index is 12.7. The number of pyridine rings is 1. The second kappa shape index (κ2) is 9.29. The number of aliphatic imine (C=N–C) groups is 2. The number of aromatic nitrogens is 3. The van der Waals surface area contributed by atoms with E-state index in [1.54, 1.807) is 36.9 Å². The van der Waals surface area contributed by atoms with Gasteiger partial charge in [0.1, 0.15) is 17.2 Å². The van der Waals surface area contributed by atoms with Crippen LogP contribution in [0.15, 0.2) is 56.7 Å². The molecule has 0 aliphatic heterocycles. The lowest BCUT2D eigenvalue weighted by Crippen LogP contribution is -2.13. The SMILES string of the molecule is CN=C(N)c1cc(C)c2nc(-c3c(N=CC(CO)Cc4cccs4)cc[nH]c3=O)[nH]c2c1. The number of rotatable bonds is 7. The van der Waals surface area contributed by atoms with Crippen molar-refractivity contribution in [3.63, 3.8) is 0 Å². The third kappa shape index (κ3) is 4.39. The van der Waals surface area contributed by atoms with E-state index in [2.05, 4.69) is 24.9 Å². The first-order chi connectivity index (χ1) is 15.5. The summed E-state index contributed by atoms with van der Waals surface area (Å²) >= 11 is 1.64. The van der Waals surface area contributed by atoms with Crippen molar-refractivity contribution in [2.45, 2.75) is 13.3 Å². The standard InChI is InChI=1S/C23H24N6O2S/c1-13-8-15(21(24)25-2)10-18-20(13)29-22(28-18)19-17(5-6-26-23(19)31)27-11-14(12-30)9-16-4-3-7-32-16/h3-8,10-11,14,30H,9,12H2,1-2H3,(H2,24,25)(H,26,31)(H,28,29). The van der Waals surface area contributed by atoms with Crippen molar-refractivity contribution < 1.29 is 5.11 Å². The maximum absolute atomic E-state index is 12.7. The Morgan fingerprint density at radius 2 is 2.22 bits per heavy atom. The third-order valence-corrected chi connectivity index (χ3v) is 6.09. The van der Waals surface area contributed by atoms with E-state index in [0.717, 1.165) is 22.2 Å². The number of aliphatic hydroxyl groups excluding tert-OH is 1. The van der Waals surface area contributed by atoms with Gasteiger partial charge in [-0.15, -0.1) is 11.3 Å². The van der Waals surface area contributed by atoms with Crippen LogP contribution in [0, 0.1) is 12.8 Å². The number of thiophene rings is 1. The van der Waals surface area contributed by atoms with Gasteiger partial charge in [-0.25, -0.2) is 4.98 Å². The normalized spacial score (nSPS) is 13.3. The molecule has 0 saturated heterocycles. The van der Waals surface area contributed by atoms with E-state index in [1.165, 1.54) is 4.88 Å². The molecule has 0 aliphatic carbocycles. The molecule has 0 saturated carbocycles. The van der Waals surface area contributed by atoms with Crippen LogP contribution < -0.4 is 11.3 Å². The number of aromatic amines is 2. The minimum atomic E-state index is -0.301. The summed E-state index contributed by atoms with van der Waals surface area (Å²) in [6.07, 6.45) is 3.93. The number of benzene rings is 1. The highest BCUT2D eigenvalue weighted by molar-refractivity contribution is 7.09. The number of aryl methyl sites for hydroxylation is 1. The Kier molecular flexibility index (Phi) is 6.29. The zero-order valence-corrected chi connectivity index (χ0v) is 18.6. The van der Waals surface area contributed by atoms with Gasteiger partial charge in [0, 0.05) is 35.8 Å². The van der Waals surface area contributed by atoms with Crippen molar-refractivity contribution >= 4 is 40.1 Å². The average molecular weight is 449 g/mol. The minimum Gasteiger partial charge on any atom is -0.396 e. The molecule has 4 aromatic rings. The van der Waals surface area contributed by atoms with Gasteiger partial charge in [-0.2, -0.15) is 0 Å². The molecule has 0 radical (unpaired) electrons. The van der Waals surface area contributed by atoms with Crippen LogP contribution in [0.3, 0.4) is 0 Å². The van der Waals surface area contributed by atoms with Gasteiger partial charge in [0.15, 0.2) is 0 Å². The van der Waals surface area contributed by atoms with Crippen LogP contribution in [0.5, 0.6) is 0 Å². The summed E-state index contributed by atoms with van der Waals surface area (Å²) < 4.78 is 0. The van der Waals surface area contributed by atoms with Crippen LogP contribution in [0.25, 0.3) is 22.4 Å². The first-order valence-electron chi connectivity index (χ1n) is 10.1. The number of hydrogen-bond acceptors (Lipinski definition) is 6. The fourth-order valence-corrected chi connectivity index (χ4v) is 4.33. The van der Waals surface area contributed by atoms with E-state index in [9.17, 15) is 9.90 Å². The van der Waals surface area contributed by atoms with Gasteiger partial charge in [0.25, 0.3) is 5.56 Å². The van der Waals surface area contributed by atoms with E-state index in [1.807, 2.05) is 36.6 Å². The molecule has 1 atom stereocenters. The number of nitrogens with zero attached hydrogens (tertiary/aromatic N) is 3. The summed E-state index contributed by atoms with van der Waals surface area (Å²) in [6.45, 7) is 1.90. The quantitative estimate of drug-likeness (QED) is 0.255. The molecule has 0 amide bonds. The van der Waals surface area contributed by atoms with Gasteiger partial charge in [-0.05, 0) is 48.6 Å². The molecule has 1 aromatic carbocycles. The predicted molar refractivity (Wildman–Crippen MR) is 130 cm³/mol. The van der Waals surface area contributed by atoms with Crippen LogP contribution in [0.4, 0.5) is 5.69 Å². The first-order valence-corrected chi connectivity index (χ1v) is 11.0. The third-order valence-electron chi connectivity index (χ3n) is 5.19. The second-order valence-electron chi connectivity index (χ2n) is 7.45. The molecule has 8 nitrogen and oxygen atoms in total. The Morgan fingerprint density at radius 1 is 1.38 bits per heavy atom. The molecule has 164 valence electrons. The van der Waals surface area contributed by atoms with E-state index < -0.39 is 0 Å². The van der Waals surface area contributed by atoms with Gasteiger partial charge in [0.05, 0.1) is 23.3 Å². The van der Waals surface area contributed by atoms with Crippen LogP contribution in [-0.4, -0.2) is 45.8 Å². The molecule has 0 aliphatic rings. The fraction of sp³-hybridized carbons (Fsp3) is 0.217. The Balaban J connectivity index is 1.74. The molecular weight excluding hydrogens is 424 g/mol. The molecule has 9 heteroatoms. The summed E-state index contributed by atoms with van der Waals surface area (Å²) in [4.78, 5) is 33.1. The molecule has 3 aromatic heterocycles. The average Bonchev–Trinajstić information content (AvgIpc) is 3.45. The number of imidazole rings is 1. The van der Waals surface area contributed by atoms with E-state index in [-0.39, 0.29) is 18.1 Å². The van der Waals surface area contributed by atoms with Gasteiger partial charge in [-0.3, -0.25) is 14.8 Å². The number of hydrogen-bond donors (Lipinski definition) is 4. The molecule has 3 heterocycles. The molecule has 32 heavy (non-hydrogen) atoms. The highest BCUT2D eigenvalue weighted by Crippen LogP contribution is 2.28. The van der Waals surface area contributed by atoms with E-state index >= 15 is 0 Å². The van der Waals surface area contributed by atoms with Gasteiger partial charge in [0.2, 0.25) is 0 Å². The van der Waals surface area contributed by atoms with Crippen molar-refractivity contribution in [3.8, 4) is 11.4 Å². The molecule has 1 unspecified atom stereocenters. The lowest BCUT2D eigenvalue weighted by Gasteiger charge is -2.07. The van der Waals surface area contributed by atoms with Crippen LogP contribution in [0.1, 0.15) is 16.0 Å². The van der Waals surface area contributed by atoms with Crippen LogP contribution in [-0.2, 0) is 6.42 Å². The second-order valence-corrected chi connectivity index (χ2v) is 8.49. The maximum Gasteiger partial charge on any atom is 0.261 e. The monoisotopic (exact) mass is 448 g/mol. The zero-order valence-electron chi connectivity index (χ0n) is 17.8. The van der Waals surface area contributed by atoms with Crippen molar-refractivity contribution in [2.75, 3.05) is 13.7 Å². The lowest BCUT2D eigenvalue weighted by molar-refractivity contribution is 0.263. The van der Waals surface area contributed by atoms with Crippen LogP contribution >= 0.6 is 11.3 Å². The number of amidine groups is 1. The first kappa shape index (κ1) is 21.7. The smallest absolute Gasteiger partial charge is 0.261 e. The zero-order chi connectivity index (χ0) is 22.7. The van der Waals surface area contributed by atoms with Gasteiger partial charge >= 0.3 is 0 Å². The van der Waals surface area contributed by atoms with Crippen molar-refractivity contribution in [1.29, 1.82) is 0 Å². The van der Waals surface area contributed by atoms with Crippen molar-refractivity contribution in [3.05, 3.63) is 68.3 Å². The summed E-state index contributed by atoms with van der Waals surface area (Å²) in [6, 6.07) is 9.51. The predicted octanol–water partition coefficient (Wildman–Crippen LogP) is 3.18. The Labute approximate surface area is 188 Å². The van der Waals surface area contributed by atoms with E-state index in [4.69, 9.17) is 5.73 Å². The Bertz CT molecular complexity index is 1350. The fourth-order valence-electron chi connectivity index (χ4n) is 3.53. The Morgan fingerprint density at radius 3 is 2.94 bits per heavy atom. The number of aliphatic hydroxyl groups is 1. The van der Waals surface area contributed by atoms with Gasteiger partial charge < -0.3 is 20.8 Å². The summed E-state index contributed by atoms with van der Waals surface area (Å²) in [5, 5.41) is 11.8. The summed E-state index contributed by atoms with van der Waals surface area (Å²) in [7, 11) is 1.64. The molecule has 4 rings (SSSR count). The number of nitrogens with two attached hydrogens (primary N) is 1. The molecule has 0 bridgehead atoms. The highest BCUT2D eigenvalue weighted by Gasteiger charge is 2.16. The number of H-pyrrole nitrogens is 2. The largest absolute Gasteiger partial charge is 0.396 e. The number of fused-ring (bicyclic) bond motifs is 1. The Hall–Kier alpha value is -3.56. The lowest BCUT2D eigenvalue weighted by atomic mass is 10.1. The molecule has 5 N–H and O–H groups in total. The highest BCUT2D eigenvalue weighted by atomic mass is 32.1. The molecule has 0 spiro atoms. The minimum absolute atomic E-state index is 0.0348. The van der Waals surface area contributed by atoms with E-state index in [0.29, 0.717) is 29.3 Å². The van der Waals surface area contributed by atoms with Gasteiger partial charge in [-0.1, -0.05) is 6.07 Å². The van der Waals surface area contributed by atoms with Crippen LogP contribution in [0.2, 0.25) is 0 Å². The summed E-state index contributed by atoms with van der Waals surface area (Å²) in [5.41, 5.74) is 9.69. The molecule has 0 fully saturated rings. The number of nitrogens with one attached hydrogen (secondary N) is 2. The molecular formula is C23H24N6O2S. The summed E-state index contributed by atoms with van der Waals surface area (Å²) in [5.74, 6) is 0.687. The van der Waals surface area contributed by atoms with Crippen molar-refractivity contribution in [1.82, 2.24) is 15.0 Å². The van der Waals surface area contributed by atoms with Crippen molar-refractivity contribution in [2.24, 2.45) is 21.6 Å². The topological polar surface area (TPSA) is 133 Å².